The predicted molar refractivity (Wildman–Crippen MR) is 47.2 cm³/mol. The number of nitrogens with zero attached hydrogens (tertiary/aromatic N) is 1. The van der Waals surface area contributed by atoms with Gasteiger partial charge in [0.1, 0.15) is 6.17 Å². The molecular formula is C9H15F4NO. The second-order valence-corrected chi connectivity index (χ2v) is 3.93. The third kappa shape index (κ3) is 4.34. The van der Waals surface area contributed by atoms with Crippen molar-refractivity contribution in [3.8, 4) is 0 Å². The molecule has 1 heterocycles. The molecule has 0 saturated carbocycles. The molecule has 1 aliphatic heterocycles. The van der Waals surface area contributed by atoms with E-state index in [2.05, 4.69) is 0 Å². The number of piperidine rings is 1. The van der Waals surface area contributed by atoms with Gasteiger partial charge in [-0.25, -0.2) is 4.39 Å². The molecule has 6 heteroatoms. The molecule has 15 heavy (non-hydrogen) atoms. The molecule has 0 radical (unpaired) electrons. The predicted octanol–water partition coefficient (Wildman–Crippen LogP) is 1.59. The highest BCUT2D eigenvalue weighted by Crippen LogP contribution is 2.25. The molecule has 0 aromatic heterocycles. The molecule has 2 nitrogen and oxygen atoms in total. The number of alkyl halides is 4. The van der Waals surface area contributed by atoms with Crippen molar-refractivity contribution in [1.29, 1.82) is 0 Å². The first-order valence-electron chi connectivity index (χ1n) is 4.96. The monoisotopic (exact) mass is 229 g/mol. The lowest BCUT2D eigenvalue weighted by molar-refractivity contribution is -0.149. The van der Waals surface area contributed by atoms with E-state index in [1.165, 1.54) is 4.90 Å². The van der Waals surface area contributed by atoms with Gasteiger partial charge in [0, 0.05) is 0 Å². The van der Waals surface area contributed by atoms with Gasteiger partial charge in [-0.3, -0.25) is 4.90 Å². The first-order chi connectivity index (χ1) is 6.92. The zero-order chi connectivity index (χ0) is 11.5. The highest BCUT2D eigenvalue weighted by molar-refractivity contribution is 4.78. The van der Waals surface area contributed by atoms with Crippen LogP contribution in [0.1, 0.15) is 12.8 Å². The lowest BCUT2D eigenvalue weighted by Crippen LogP contribution is -2.42. The number of likely N-dealkylation sites (tertiary alicyclic amines) is 1. The Morgan fingerprint density at radius 2 is 1.80 bits per heavy atom. The molecule has 90 valence electrons. The zero-order valence-corrected chi connectivity index (χ0v) is 8.30. The molecule has 0 spiro atoms. The summed E-state index contributed by atoms with van der Waals surface area (Å²) in [6.07, 6.45) is -4.70. The Morgan fingerprint density at radius 3 is 2.20 bits per heavy atom. The van der Waals surface area contributed by atoms with Crippen molar-refractivity contribution >= 4 is 0 Å². The fourth-order valence-corrected chi connectivity index (χ4v) is 1.88. The number of hydrogen-bond donors (Lipinski definition) is 1. The molecule has 1 saturated heterocycles. The summed E-state index contributed by atoms with van der Waals surface area (Å²) < 4.78 is 49.0. The average Bonchev–Trinajstić information content (AvgIpc) is 2.15. The summed E-state index contributed by atoms with van der Waals surface area (Å²) in [5.74, 6) is -0.292. The summed E-state index contributed by atoms with van der Waals surface area (Å²) in [4.78, 5) is 1.28. The molecule has 0 aromatic carbocycles. The summed E-state index contributed by atoms with van der Waals surface area (Å²) in [6, 6.07) is 0. The van der Waals surface area contributed by atoms with Crippen LogP contribution in [0.3, 0.4) is 0 Å². The highest BCUT2D eigenvalue weighted by Gasteiger charge is 2.33. The first kappa shape index (κ1) is 12.7. The van der Waals surface area contributed by atoms with Crippen molar-refractivity contribution in [2.75, 3.05) is 26.2 Å². The van der Waals surface area contributed by atoms with E-state index in [0.717, 1.165) is 0 Å². The summed E-state index contributed by atoms with van der Waals surface area (Å²) in [5, 5.41) is 8.57. The second-order valence-electron chi connectivity index (χ2n) is 3.93. The van der Waals surface area contributed by atoms with E-state index in [-0.39, 0.29) is 19.0 Å². The molecule has 1 aliphatic rings. The van der Waals surface area contributed by atoms with E-state index in [4.69, 9.17) is 5.11 Å². The molecule has 0 amide bonds. The van der Waals surface area contributed by atoms with Crippen LogP contribution < -0.4 is 0 Å². The van der Waals surface area contributed by atoms with Crippen molar-refractivity contribution < 1.29 is 22.7 Å². The SMILES string of the molecule is OCC(F)C1CCN(CC(F)(F)F)CC1. The fraction of sp³-hybridized carbons (Fsp3) is 1.00. The second kappa shape index (κ2) is 5.12. The van der Waals surface area contributed by atoms with Gasteiger partial charge in [0.15, 0.2) is 0 Å². The van der Waals surface area contributed by atoms with Crippen molar-refractivity contribution in [3.63, 3.8) is 0 Å². The van der Waals surface area contributed by atoms with Gasteiger partial charge >= 0.3 is 6.18 Å². The molecule has 1 rings (SSSR count). The topological polar surface area (TPSA) is 23.5 Å². The van der Waals surface area contributed by atoms with Crippen LogP contribution >= 0.6 is 0 Å². The summed E-state index contributed by atoms with van der Waals surface area (Å²) in [5.41, 5.74) is 0. The van der Waals surface area contributed by atoms with Crippen molar-refractivity contribution in [3.05, 3.63) is 0 Å². The summed E-state index contributed by atoms with van der Waals surface area (Å²) in [6.45, 7) is -0.949. The normalized spacial score (nSPS) is 23.0. The minimum Gasteiger partial charge on any atom is -0.393 e. The molecule has 0 aromatic rings. The van der Waals surface area contributed by atoms with Gasteiger partial charge in [0.2, 0.25) is 0 Å². The van der Waals surface area contributed by atoms with Crippen molar-refractivity contribution in [1.82, 2.24) is 4.90 Å². The van der Waals surface area contributed by atoms with Crippen molar-refractivity contribution in [2.45, 2.75) is 25.2 Å². The lowest BCUT2D eigenvalue weighted by atomic mass is 9.92. The van der Waals surface area contributed by atoms with Gasteiger partial charge in [-0.2, -0.15) is 13.2 Å². The largest absolute Gasteiger partial charge is 0.401 e. The Morgan fingerprint density at radius 1 is 1.27 bits per heavy atom. The number of aliphatic hydroxyl groups excluding tert-OH is 1. The van der Waals surface area contributed by atoms with Crippen LogP contribution in [0.5, 0.6) is 0 Å². The number of rotatable bonds is 3. The highest BCUT2D eigenvalue weighted by atomic mass is 19.4. The maximum Gasteiger partial charge on any atom is 0.401 e. The van der Waals surface area contributed by atoms with Gasteiger partial charge in [0.25, 0.3) is 0 Å². The van der Waals surface area contributed by atoms with Crippen LogP contribution in [0.4, 0.5) is 17.6 Å². The standard InChI is InChI=1S/C9H15F4NO/c10-8(5-15)7-1-3-14(4-2-7)6-9(11,12)13/h7-8,15H,1-6H2. The van der Waals surface area contributed by atoms with Crippen LogP contribution in [0, 0.1) is 5.92 Å². The fourth-order valence-electron chi connectivity index (χ4n) is 1.88. The molecular weight excluding hydrogens is 214 g/mol. The zero-order valence-electron chi connectivity index (χ0n) is 8.30. The van der Waals surface area contributed by atoms with Gasteiger partial charge in [-0.1, -0.05) is 0 Å². The van der Waals surface area contributed by atoms with Gasteiger partial charge in [-0.15, -0.1) is 0 Å². The molecule has 0 bridgehead atoms. The van der Waals surface area contributed by atoms with E-state index in [1.807, 2.05) is 0 Å². The minimum atomic E-state index is -4.18. The van der Waals surface area contributed by atoms with E-state index in [9.17, 15) is 17.6 Å². The van der Waals surface area contributed by atoms with Gasteiger partial charge < -0.3 is 5.11 Å². The van der Waals surface area contributed by atoms with E-state index >= 15 is 0 Å². The minimum absolute atomic E-state index is 0.255. The van der Waals surface area contributed by atoms with Gasteiger partial charge in [-0.05, 0) is 31.8 Å². The quantitative estimate of drug-likeness (QED) is 0.743. The Hall–Kier alpha value is -0.360. The summed E-state index contributed by atoms with van der Waals surface area (Å²) >= 11 is 0. The Kier molecular flexibility index (Phi) is 4.33. The van der Waals surface area contributed by atoms with Gasteiger partial charge in [0.05, 0.1) is 13.2 Å². The molecule has 0 aliphatic carbocycles. The Balaban J connectivity index is 2.30. The third-order valence-electron chi connectivity index (χ3n) is 2.72. The smallest absolute Gasteiger partial charge is 0.393 e. The van der Waals surface area contributed by atoms with Crippen LogP contribution in [0.2, 0.25) is 0 Å². The van der Waals surface area contributed by atoms with Crippen LogP contribution in [0.15, 0.2) is 0 Å². The number of halogens is 4. The third-order valence-corrected chi connectivity index (χ3v) is 2.72. The van der Waals surface area contributed by atoms with Crippen LogP contribution in [-0.2, 0) is 0 Å². The Labute approximate surface area is 85.9 Å². The molecule has 1 unspecified atom stereocenters. The van der Waals surface area contributed by atoms with Crippen molar-refractivity contribution in [2.24, 2.45) is 5.92 Å². The lowest BCUT2D eigenvalue weighted by Gasteiger charge is -2.33. The maximum absolute atomic E-state index is 13.0. The van der Waals surface area contributed by atoms with E-state index in [0.29, 0.717) is 12.8 Å². The first-order valence-corrected chi connectivity index (χ1v) is 4.96. The summed E-state index contributed by atoms with van der Waals surface area (Å²) in [7, 11) is 0. The molecule has 1 N–H and O–H groups in total. The molecule has 1 atom stereocenters. The molecule has 1 fully saturated rings. The Bertz CT molecular complexity index is 189. The average molecular weight is 229 g/mol. The van der Waals surface area contributed by atoms with Crippen LogP contribution in [0.25, 0.3) is 0 Å². The number of hydrogen-bond acceptors (Lipinski definition) is 2. The van der Waals surface area contributed by atoms with Crippen LogP contribution in [-0.4, -0.2) is 48.6 Å². The maximum atomic E-state index is 13.0. The van der Waals surface area contributed by atoms with E-state index < -0.39 is 25.5 Å². The van der Waals surface area contributed by atoms with E-state index in [1.54, 1.807) is 0 Å². The number of aliphatic hydroxyl groups is 1.